The van der Waals surface area contributed by atoms with Crippen molar-refractivity contribution in [3.8, 4) is 5.75 Å². The van der Waals surface area contributed by atoms with E-state index < -0.39 is 29.5 Å². The van der Waals surface area contributed by atoms with Crippen LogP contribution in [-0.2, 0) is 32.0 Å². The van der Waals surface area contributed by atoms with Gasteiger partial charge in [-0.3, -0.25) is 15.4 Å². The van der Waals surface area contributed by atoms with E-state index in [9.17, 15) is 19.2 Å². The van der Waals surface area contributed by atoms with E-state index >= 15 is 0 Å². The number of benzene rings is 3. The van der Waals surface area contributed by atoms with Crippen LogP contribution in [0.25, 0.3) is 10.9 Å². The number of amides is 2. The van der Waals surface area contributed by atoms with E-state index in [-0.39, 0.29) is 30.7 Å². The molecular formula is C34H37N5O8. The fraction of sp³-hybridized carbons (Fsp3) is 0.294. The molecule has 0 fully saturated rings. The van der Waals surface area contributed by atoms with Crippen molar-refractivity contribution in [2.75, 3.05) is 0 Å². The van der Waals surface area contributed by atoms with Crippen molar-refractivity contribution >= 4 is 46.8 Å². The predicted octanol–water partition coefficient (Wildman–Crippen LogP) is 6.41. The Balaban J connectivity index is 1.42. The number of carbonyl (C=O) groups is 4. The molecule has 0 aliphatic heterocycles. The van der Waals surface area contributed by atoms with Crippen LogP contribution in [0.15, 0.2) is 84.0 Å². The summed E-state index contributed by atoms with van der Waals surface area (Å²) in [6.07, 6.45) is -0.912. The highest BCUT2D eigenvalue weighted by molar-refractivity contribution is 6.02. The number of fused-ring (bicyclic) bond motifs is 1. The molecule has 2 N–H and O–H groups in total. The highest BCUT2D eigenvalue weighted by Crippen LogP contribution is 2.22. The number of aromatic nitrogens is 2. The number of carbonyl (C=O) groups excluding carboxylic acids is 4. The third kappa shape index (κ3) is 11.0. The molecule has 3 aromatic carbocycles. The van der Waals surface area contributed by atoms with E-state index in [1.807, 2.05) is 30.3 Å². The summed E-state index contributed by atoms with van der Waals surface area (Å²) < 4.78 is 22.4. The van der Waals surface area contributed by atoms with Gasteiger partial charge in [0.1, 0.15) is 23.6 Å². The molecule has 0 aliphatic carbocycles. The van der Waals surface area contributed by atoms with E-state index in [2.05, 4.69) is 20.7 Å². The van der Waals surface area contributed by atoms with Crippen LogP contribution in [-0.4, -0.2) is 51.2 Å². The molecule has 0 spiro atoms. The molecular weight excluding hydrogens is 606 g/mol. The Morgan fingerprint density at radius 1 is 0.787 bits per heavy atom. The minimum atomic E-state index is -0.833. The second kappa shape index (κ2) is 14.6. The molecule has 0 radical (unpaired) electrons. The average Bonchev–Trinajstić information content (AvgIpc) is 3.39. The SMILES string of the molecule is CC(C)(C)OC(=O)NC(=Nc1ccc2c(cnn2C(=O)Oc2ccc(CC(=O)OCc3ccccc3)cc2)c1)NC(=O)OC(C)(C)C. The number of alkyl carbamates (subject to hydrolysis) is 2. The maximum absolute atomic E-state index is 13.0. The van der Waals surface area contributed by atoms with Gasteiger partial charge in [0, 0.05) is 5.39 Å². The molecule has 0 saturated carbocycles. The zero-order chi connectivity index (χ0) is 34.2. The topological polar surface area (TPSA) is 159 Å². The van der Waals surface area contributed by atoms with Gasteiger partial charge in [-0.2, -0.15) is 9.78 Å². The fourth-order valence-corrected chi connectivity index (χ4v) is 4.03. The second-order valence-electron chi connectivity index (χ2n) is 12.3. The summed E-state index contributed by atoms with van der Waals surface area (Å²) in [4.78, 5) is 54.4. The monoisotopic (exact) mass is 643 g/mol. The zero-order valence-electron chi connectivity index (χ0n) is 27.0. The summed E-state index contributed by atoms with van der Waals surface area (Å²) >= 11 is 0. The van der Waals surface area contributed by atoms with Crippen LogP contribution in [0.1, 0.15) is 52.7 Å². The Bertz CT molecular complexity index is 1740. The molecule has 4 aromatic rings. The molecule has 246 valence electrons. The van der Waals surface area contributed by atoms with E-state index in [1.165, 1.54) is 6.20 Å². The number of nitrogens with one attached hydrogen (secondary N) is 2. The van der Waals surface area contributed by atoms with Gasteiger partial charge in [0.15, 0.2) is 0 Å². The van der Waals surface area contributed by atoms with Crippen LogP contribution < -0.4 is 15.4 Å². The normalized spacial score (nSPS) is 11.3. The summed E-state index contributed by atoms with van der Waals surface area (Å²) in [5.74, 6) is -0.349. The first-order valence-electron chi connectivity index (χ1n) is 14.7. The van der Waals surface area contributed by atoms with Crippen LogP contribution >= 0.6 is 0 Å². The number of hydrogen-bond acceptors (Lipinski definition) is 10. The van der Waals surface area contributed by atoms with Crippen molar-refractivity contribution in [3.63, 3.8) is 0 Å². The molecule has 1 aromatic heterocycles. The molecule has 0 bridgehead atoms. The van der Waals surface area contributed by atoms with E-state index in [1.54, 1.807) is 84.0 Å². The van der Waals surface area contributed by atoms with Gasteiger partial charge in [0.25, 0.3) is 0 Å². The summed E-state index contributed by atoms with van der Waals surface area (Å²) in [6.45, 7) is 10.4. The first-order chi connectivity index (χ1) is 22.1. The zero-order valence-corrected chi connectivity index (χ0v) is 27.0. The van der Waals surface area contributed by atoms with Gasteiger partial charge < -0.3 is 18.9 Å². The van der Waals surface area contributed by atoms with Gasteiger partial charge in [-0.15, -0.1) is 0 Å². The van der Waals surface area contributed by atoms with Crippen molar-refractivity contribution in [1.29, 1.82) is 0 Å². The first-order valence-corrected chi connectivity index (χ1v) is 14.7. The maximum Gasteiger partial charge on any atom is 0.440 e. The number of ether oxygens (including phenoxy) is 4. The number of aliphatic imine (C=N–C) groups is 1. The summed E-state index contributed by atoms with van der Waals surface area (Å²) in [5.41, 5.74) is 0.762. The summed E-state index contributed by atoms with van der Waals surface area (Å²) in [6, 6.07) is 20.6. The number of hydrogen-bond donors (Lipinski definition) is 2. The molecule has 13 nitrogen and oxygen atoms in total. The van der Waals surface area contributed by atoms with Crippen LogP contribution in [0.3, 0.4) is 0 Å². The largest absolute Gasteiger partial charge is 0.461 e. The summed E-state index contributed by atoms with van der Waals surface area (Å²) in [5, 5.41) is 9.52. The Hall–Kier alpha value is -5.72. The van der Waals surface area contributed by atoms with Gasteiger partial charge in [0.2, 0.25) is 5.96 Å². The quantitative estimate of drug-likeness (QED) is 0.105. The van der Waals surface area contributed by atoms with Crippen LogP contribution in [0.4, 0.5) is 20.1 Å². The second-order valence-corrected chi connectivity index (χ2v) is 12.3. The molecule has 0 unspecified atom stereocenters. The van der Waals surface area contributed by atoms with Gasteiger partial charge >= 0.3 is 24.2 Å². The third-order valence-corrected chi connectivity index (χ3v) is 5.92. The van der Waals surface area contributed by atoms with Crippen molar-refractivity contribution in [2.24, 2.45) is 4.99 Å². The smallest absolute Gasteiger partial charge is 0.440 e. The number of rotatable bonds is 6. The lowest BCUT2D eigenvalue weighted by Crippen LogP contribution is -2.47. The van der Waals surface area contributed by atoms with Crippen LogP contribution in [0.5, 0.6) is 5.75 Å². The maximum atomic E-state index is 13.0. The van der Waals surface area contributed by atoms with Crippen LogP contribution in [0, 0.1) is 0 Å². The van der Waals surface area contributed by atoms with Crippen molar-refractivity contribution < 1.29 is 38.1 Å². The minimum absolute atomic E-state index is 0.0674. The average molecular weight is 644 g/mol. The Morgan fingerprint density at radius 2 is 1.40 bits per heavy atom. The number of guanidine groups is 1. The molecule has 2 amide bonds. The van der Waals surface area contributed by atoms with Crippen LogP contribution in [0.2, 0.25) is 0 Å². The molecule has 0 aliphatic rings. The highest BCUT2D eigenvalue weighted by atomic mass is 16.6. The Morgan fingerprint density at radius 3 is 2.00 bits per heavy atom. The molecule has 13 heteroatoms. The third-order valence-electron chi connectivity index (χ3n) is 5.92. The lowest BCUT2D eigenvalue weighted by molar-refractivity contribution is -0.144. The summed E-state index contributed by atoms with van der Waals surface area (Å²) in [7, 11) is 0. The van der Waals surface area contributed by atoms with E-state index in [0.29, 0.717) is 22.2 Å². The fourth-order valence-electron chi connectivity index (χ4n) is 4.03. The Labute approximate surface area is 271 Å². The number of nitrogens with zero attached hydrogens (tertiary/aromatic N) is 3. The molecule has 1 heterocycles. The molecule has 0 saturated heterocycles. The van der Waals surface area contributed by atoms with E-state index in [0.717, 1.165) is 10.2 Å². The van der Waals surface area contributed by atoms with Gasteiger partial charge in [0.05, 0.1) is 23.8 Å². The predicted molar refractivity (Wildman–Crippen MR) is 173 cm³/mol. The Kier molecular flexibility index (Phi) is 10.6. The molecule has 4 rings (SSSR count). The van der Waals surface area contributed by atoms with Crippen molar-refractivity contribution in [3.05, 3.63) is 90.1 Å². The van der Waals surface area contributed by atoms with Gasteiger partial charge in [-0.05, 0) is 83.0 Å². The van der Waals surface area contributed by atoms with Gasteiger partial charge in [-0.25, -0.2) is 19.4 Å². The first kappa shape index (κ1) is 34.2. The highest BCUT2D eigenvalue weighted by Gasteiger charge is 2.22. The molecule has 0 atom stereocenters. The van der Waals surface area contributed by atoms with E-state index in [4.69, 9.17) is 18.9 Å². The lowest BCUT2D eigenvalue weighted by atomic mass is 10.1. The number of esters is 1. The van der Waals surface area contributed by atoms with Gasteiger partial charge in [-0.1, -0.05) is 42.5 Å². The van der Waals surface area contributed by atoms with Crippen molar-refractivity contribution in [1.82, 2.24) is 20.4 Å². The molecule has 47 heavy (non-hydrogen) atoms. The standard InChI is InChI=1S/C34H37N5O8/c1-33(2,3)46-30(41)37-29(38-31(42)47-34(4,5)6)36-25-14-17-27-24(19-25)20-35-39(27)32(43)45-26-15-12-22(13-16-26)18-28(40)44-21-23-10-8-7-9-11-23/h7-17,19-20H,18,21H2,1-6H3,(H2,36,37,38,41,42). The minimum Gasteiger partial charge on any atom is -0.461 e. The lowest BCUT2D eigenvalue weighted by Gasteiger charge is -2.22. The van der Waals surface area contributed by atoms with Crippen molar-refractivity contribution in [2.45, 2.75) is 65.8 Å².